The number of halogens is 2. The van der Waals surface area contributed by atoms with Crippen molar-refractivity contribution in [3.8, 4) is 23.0 Å². The van der Waals surface area contributed by atoms with Gasteiger partial charge < -0.3 is 28.7 Å². The van der Waals surface area contributed by atoms with Crippen LogP contribution in [0.4, 0.5) is 22.7 Å². The monoisotopic (exact) mass is 1200 g/mol. The number of alkyl halides is 2. The van der Waals surface area contributed by atoms with E-state index in [4.69, 9.17) is 52.1 Å². The number of aliphatic imine (C=N–C) groups is 2. The van der Waals surface area contributed by atoms with E-state index in [1.165, 1.54) is 16.7 Å². The Bertz CT molecular complexity index is 4340. The molecule has 0 saturated carbocycles. The molecule has 4 aliphatic heterocycles. The smallest absolute Gasteiger partial charge is 0.343 e. The summed E-state index contributed by atoms with van der Waals surface area (Å²) >= 11 is 12.4. The number of para-hydroxylation sites is 2. The number of anilines is 2. The van der Waals surface area contributed by atoms with Crippen molar-refractivity contribution in [3.63, 3.8) is 0 Å². The second-order valence-electron chi connectivity index (χ2n) is 23.4. The van der Waals surface area contributed by atoms with Gasteiger partial charge in [0.1, 0.15) is 34.4 Å². The van der Waals surface area contributed by atoms with Crippen molar-refractivity contribution in [2.24, 2.45) is 9.98 Å². The van der Waals surface area contributed by atoms with E-state index in [-0.39, 0.29) is 16.2 Å². The van der Waals surface area contributed by atoms with Crippen molar-refractivity contribution in [2.45, 2.75) is 74.1 Å². The van der Waals surface area contributed by atoms with Gasteiger partial charge in [-0.1, -0.05) is 158 Å². The number of aryl methyl sites for hydroxylation is 1. The maximum atomic E-state index is 13.1. The SMILES string of the molecule is C=Cc1ccccc1.CN1c2ccccc2C(C)(C)C12C=Nc1c(ccc3ccc(OC(=O)c4ccc(CCC(Cl)c5ccccc5)cc4)cc13)O2.CN1c2ccccc2C(C)(C)C12C=Nc1c(ccc3ccc(OC(=O)c4ccc(CCl)cc4)cc13)O2. The molecule has 10 aromatic carbocycles. The summed E-state index contributed by atoms with van der Waals surface area (Å²) in [4.78, 5) is 40.0. The lowest BCUT2D eigenvalue weighted by Crippen LogP contribution is -2.61. The number of rotatable bonds is 10. The molecule has 10 aromatic rings. The van der Waals surface area contributed by atoms with Crippen LogP contribution in [0.5, 0.6) is 23.0 Å². The van der Waals surface area contributed by atoms with Gasteiger partial charge in [0.05, 0.1) is 39.8 Å². The van der Waals surface area contributed by atoms with Gasteiger partial charge >= 0.3 is 11.9 Å². The highest BCUT2D eigenvalue weighted by molar-refractivity contribution is 6.20. The number of esters is 2. The Morgan fingerprint density at radius 2 is 0.966 bits per heavy atom. The van der Waals surface area contributed by atoms with Gasteiger partial charge in [-0.05, 0) is 157 Å². The Kier molecular flexibility index (Phi) is 16.1. The molecular formula is C76H66Cl2N4O6. The Hall–Kier alpha value is -9.48. The average molecular weight is 1200 g/mol. The Labute approximate surface area is 523 Å². The minimum absolute atomic E-state index is 0.0541. The van der Waals surface area contributed by atoms with Crippen LogP contribution in [-0.2, 0) is 23.1 Å². The minimum Gasteiger partial charge on any atom is -0.459 e. The quantitative estimate of drug-likeness (QED) is 0.0758. The van der Waals surface area contributed by atoms with Crippen molar-refractivity contribution < 1.29 is 28.5 Å². The number of benzene rings is 10. The van der Waals surface area contributed by atoms with E-state index in [2.05, 4.69) is 87.5 Å². The van der Waals surface area contributed by atoms with Gasteiger partial charge in [-0.25, -0.2) is 9.59 Å². The molecule has 0 bridgehead atoms. The van der Waals surface area contributed by atoms with Gasteiger partial charge in [0.15, 0.2) is 0 Å². The fraction of sp³-hybridized carbons (Fsp3) is 0.184. The van der Waals surface area contributed by atoms with Crippen LogP contribution in [-0.4, -0.2) is 49.9 Å². The third-order valence-electron chi connectivity index (χ3n) is 17.6. The predicted molar refractivity (Wildman–Crippen MR) is 359 cm³/mol. The average Bonchev–Trinajstić information content (AvgIpc) is 1.54. The van der Waals surface area contributed by atoms with Crippen molar-refractivity contribution in [1.82, 2.24) is 0 Å². The van der Waals surface area contributed by atoms with Crippen molar-refractivity contribution in [3.05, 3.63) is 269 Å². The summed E-state index contributed by atoms with van der Waals surface area (Å²) in [5.41, 5.74) is 9.27. The number of ether oxygens (including phenoxy) is 4. The fourth-order valence-corrected chi connectivity index (χ4v) is 12.8. The number of hydrogen-bond donors (Lipinski definition) is 0. The summed E-state index contributed by atoms with van der Waals surface area (Å²) in [6.07, 6.45) is 7.29. The molecule has 440 valence electrons. The molecular weight excluding hydrogens is 1140 g/mol. The van der Waals surface area contributed by atoms with E-state index in [0.29, 0.717) is 40.0 Å². The van der Waals surface area contributed by atoms with E-state index in [1.807, 2.05) is 189 Å². The second kappa shape index (κ2) is 24.0. The lowest BCUT2D eigenvalue weighted by molar-refractivity contribution is 0.0725. The summed E-state index contributed by atoms with van der Waals surface area (Å²) in [5.74, 6) is 1.85. The van der Waals surface area contributed by atoms with E-state index < -0.39 is 23.4 Å². The maximum absolute atomic E-state index is 13.1. The summed E-state index contributed by atoms with van der Waals surface area (Å²) < 4.78 is 25.1. The van der Waals surface area contributed by atoms with E-state index >= 15 is 0 Å². The molecule has 0 fully saturated rings. The highest BCUT2D eigenvalue weighted by Gasteiger charge is 2.60. The molecule has 88 heavy (non-hydrogen) atoms. The number of likely N-dealkylation sites (N-methyl/N-ethyl adjacent to an activating group) is 2. The summed E-state index contributed by atoms with van der Waals surface area (Å²) in [6.45, 7) is 12.4. The molecule has 0 amide bonds. The van der Waals surface area contributed by atoms with Crippen LogP contribution < -0.4 is 28.7 Å². The predicted octanol–water partition coefficient (Wildman–Crippen LogP) is 18.5. The third kappa shape index (κ3) is 10.7. The number of carbonyl (C=O) groups excluding carboxylic acids is 2. The third-order valence-corrected chi connectivity index (χ3v) is 18.4. The Morgan fingerprint density at radius 3 is 1.40 bits per heavy atom. The van der Waals surface area contributed by atoms with Crippen molar-refractivity contribution in [2.75, 3.05) is 23.9 Å². The molecule has 0 N–H and O–H groups in total. The Balaban J connectivity index is 0.000000154. The molecule has 0 saturated heterocycles. The number of hydrogen-bond acceptors (Lipinski definition) is 10. The second-order valence-corrected chi connectivity index (χ2v) is 24.2. The van der Waals surface area contributed by atoms with Gasteiger partial charge in [-0.2, -0.15) is 0 Å². The number of nitrogens with zero attached hydrogens (tertiary/aromatic N) is 4. The zero-order chi connectivity index (χ0) is 61.4. The van der Waals surface area contributed by atoms with Gasteiger partial charge in [0, 0.05) is 42.1 Å². The number of carbonyl (C=O) groups is 2. The first-order chi connectivity index (χ1) is 42.5. The first-order valence-electron chi connectivity index (χ1n) is 29.4. The van der Waals surface area contributed by atoms with Crippen LogP contribution in [0.15, 0.2) is 235 Å². The summed E-state index contributed by atoms with van der Waals surface area (Å²) in [6, 6.07) is 70.6. The molecule has 14 rings (SSSR count). The first kappa shape index (κ1) is 58.9. The topological polar surface area (TPSA) is 102 Å². The van der Waals surface area contributed by atoms with Crippen LogP contribution >= 0.6 is 23.2 Å². The molecule has 10 nitrogen and oxygen atoms in total. The normalized spacial score (nSPS) is 17.9. The lowest BCUT2D eigenvalue weighted by Gasteiger charge is -2.45. The molecule has 0 aliphatic carbocycles. The van der Waals surface area contributed by atoms with Gasteiger partial charge in [0.2, 0.25) is 11.4 Å². The van der Waals surface area contributed by atoms with E-state index in [1.54, 1.807) is 18.2 Å². The largest absolute Gasteiger partial charge is 0.459 e. The van der Waals surface area contributed by atoms with Crippen molar-refractivity contribution >= 4 is 97.9 Å². The molecule has 0 radical (unpaired) electrons. The highest BCUT2D eigenvalue weighted by atomic mass is 35.5. The van der Waals surface area contributed by atoms with Crippen molar-refractivity contribution in [1.29, 1.82) is 0 Å². The lowest BCUT2D eigenvalue weighted by atomic mass is 9.77. The minimum atomic E-state index is -0.764. The molecule has 3 unspecified atom stereocenters. The highest BCUT2D eigenvalue weighted by Crippen LogP contribution is 2.56. The van der Waals surface area contributed by atoms with Gasteiger partial charge in [-0.3, -0.25) is 9.98 Å². The van der Waals surface area contributed by atoms with Gasteiger partial charge in [0.25, 0.3) is 0 Å². The molecule has 0 aromatic heterocycles. The zero-order valence-electron chi connectivity index (χ0n) is 49.9. The zero-order valence-corrected chi connectivity index (χ0v) is 51.4. The van der Waals surface area contributed by atoms with Crippen LogP contribution in [0.25, 0.3) is 27.6 Å². The van der Waals surface area contributed by atoms with Crippen LogP contribution in [0.3, 0.4) is 0 Å². The molecule has 4 aliphatic rings. The first-order valence-corrected chi connectivity index (χ1v) is 30.3. The molecule has 12 heteroatoms. The Morgan fingerprint density at radius 1 is 0.545 bits per heavy atom. The number of fused-ring (bicyclic) bond motifs is 8. The summed E-state index contributed by atoms with van der Waals surface area (Å²) in [5, 5.41) is 3.64. The molecule has 4 heterocycles. The van der Waals surface area contributed by atoms with E-state index in [0.717, 1.165) is 73.8 Å². The van der Waals surface area contributed by atoms with E-state index in [9.17, 15) is 9.59 Å². The standard InChI is InChI=1S/C38H33ClN2O3.C30H25ClN2O3.C8H8/c1-37(2)31-11-7-8-12-33(31)41(3)38(37)24-40-35-30-23-29(20-18-26(30)19-22-34(35)44-38)43-36(42)28-16-13-25(14-17-28)15-21-32(39)27-9-5-4-6-10-27;1-29(2)24-6-4-5-7-25(24)33(3)30(29)18-32-27-23-16-22(14-12-20(23)13-15-26(27)36-30)35-28(34)21-10-8-19(17-31)9-11-21;1-2-8-6-4-3-5-7-8/h4-14,16-20,22-24,32H,15,21H2,1-3H3;4-16,18H,17H2,1-3H3;2-7H,1H2. The van der Waals surface area contributed by atoms with Crippen LogP contribution in [0, 0.1) is 0 Å². The maximum Gasteiger partial charge on any atom is 0.343 e. The summed E-state index contributed by atoms with van der Waals surface area (Å²) in [7, 11) is 4.10. The molecule has 2 spiro atoms. The van der Waals surface area contributed by atoms with Crippen LogP contribution in [0.2, 0.25) is 0 Å². The molecule has 3 atom stereocenters. The fourth-order valence-electron chi connectivity index (χ4n) is 12.4. The van der Waals surface area contributed by atoms with Gasteiger partial charge in [-0.15, -0.1) is 23.2 Å². The van der Waals surface area contributed by atoms with Crippen LogP contribution in [0.1, 0.15) is 93.6 Å².